The highest BCUT2D eigenvalue weighted by Gasteiger charge is 2.34. The molecule has 1 aliphatic rings. The summed E-state index contributed by atoms with van der Waals surface area (Å²) in [4.78, 5) is 10.2. The highest BCUT2D eigenvalue weighted by atomic mass is 32.1. The minimum atomic E-state index is -0.186. The predicted octanol–water partition coefficient (Wildman–Crippen LogP) is 22.7. The van der Waals surface area contributed by atoms with Gasteiger partial charge in [-0.2, -0.15) is 0 Å². The number of hydrogen-bond acceptors (Lipinski definition) is 5. The molecule has 428 valence electrons. The van der Waals surface area contributed by atoms with Gasteiger partial charge >= 0.3 is 0 Å². The van der Waals surface area contributed by atoms with Crippen LogP contribution >= 0.6 is 11.3 Å². The number of hydrogen-bond donors (Lipinski definition) is 0. The summed E-state index contributed by atoms with van der Waals surface area (Å²) < 4.78 is 12.2. The van der Waals surface area contributed by atoms with Gasteiger partial charge in [-0.15, -0.1) is 11.3 Å². The van der Waals surface area contributed by atoms with Crippen LogP contribution in [0.4, 0.5) is 22.7 Å². The molecule has 0 unspecified atom stereocenters. The van der Waals surface area contributed by atoms with Crippen LogP contribution in [-0.2, 0) is 32.5 Å². The summed E-state index contributed by atoms with van der Waals surface area (Å²) in [6.45, 7) is 42.4. The molecule has 0 aliphatic carbocycles. The van der Waals surface area contributed by atoms with Crippen LogP contribution in [0.5, 0.6) is 11.5 Å². The van der Waals surface area contributed by atoms with Crippen molar-refractivity contribution < 1.29 is 4.74 Å². The first-order valence-electron chi connectivity index (χ1n) is 30.2. The van der Waals surface area contributed by atoms with Crippen LogP contribution in [-0.4, -0.2) is 16.2 Å². The number of aromatic nitrogens is 2. The molecular weight excluding hydrogens is 1040 g/mol. The highest BCUT2D eigenvalue weighted by Crippen LogP contribution is 2.53. The average Bonchev–Trinajstić information content (AvgIpc) is 2.47. The fourth-order valence-electron chi connectivity index (χ4n) is 12.2. The van der Waals surface area contributed by atoms with E-state index in [9.17, 15) is 0 Å². The van der Waals surface area contributed by atoms with Crippen molar-refractivity contribution in [3.8, 4) is 39.6 Å². The van der Waals surface area contributed by atoms with Crippen molar-refractivity contribution in [2.75, 3.05) is 16.5 Å². The maximum Gasteiger partial charge on any atom is 0.137 e. The second-order valence-corrected chi connectivity index (χ2v) is 31.0. The summed E-state index contributed by atoms with van der Waals surface area (Å²) in [5.74, 6) is 2.45. The molecule has 8 aromatic carbocycles. The van der Waals surface area contributed by atoms with E-state index in [1.165, 1.54) is 92.3 Å². The summed E-state index contributed by atoms with van der Waals surface area (Å²) >= 11 is 1.87. The molecule has 1 aliphatic heterocycles. The Labute approximate surface area is 504 Å². The number of nitrogens with zero attached hydrogens (tertiary/aromatic N) is 4. The number of fused-ring (bicyclic) bond motifs is 8. The van der Waals surface area contributed by atoms with Crippen molar-refractivity contribution in [2.24, 2.45) is 0 Å². The van der Waals surface area contributed by atoms with E-state index in [0.29, 0.717) is 6.67 Å². The van der Waals surface area contributed by atoms with Crippen molar-refractivity contribution in [1.82, 2.24) is 9.55 Å². The van der Waals surface area contributed by atoms with Gasteiger partial charge < -0.3 is 14.5 Å². The lowest BCUT2D eigenvalue weighted by Gasteiger charge is -2.31. The number of benzene rings is 8. The van der Waals surface area contributed by atoms with E-state index in [4.69, 9.17) is 9.72 Å². The minimum absolute atomic E-state index is 0.0553. The Bertz CT molecular complexity index is 4230. The third kappa shape index (κ3) is 10.4. The molecular formula is C78H84N4OS. The number of pyridine rings is 1. The van der Waals surface area contributed by atoms with E-state index in [1.807, 2.05) is 17.5 Å². The molecule has 0 spiro atoms. The molecule has 3 aromatic heterocycles. The van der Waals surface area contributed by atoms with E-state index in [1.54, 1.807) is 0 Å². The summed E-state index contributed by atoms with van der Waals surface area (Å²) in [6.07, 6.45) is 1.96. The van der Waals surface area contributed by atoms with E-state index >= 15 is 0 Å². The van der Waals surface area contributed by atoms with Gasteiger partial charge in [0.2, 0.25) is 0 Å². The first-order valence-corrected chi connectivity index (χ1v) is 31.0. The normalized spacial score (nSPS) is 13.7. The van der Waals surface area contributed by atoms with Crippen molar-refractivity contribution in [1.29, 1.82) is 0 Å². The molecule has 0 atom stereocenters. The molecule has 0 saturated heterocycles. The average molecular weight is 1130 g/mol. The van der Waals surface area contributed by atoms with Gasteiger partial charge in [0.05, 0.1) is 28.1 Å². The first-order chi connectivity index (χ1) is 39.4. The second-order valence-electron chi connectivity index (χ2n) is 30.0. The maximum absolute atomic E-state index is 7.26. The number of anilines is 4. The van der Waals surface area contributed by atoms with Crippen LogP contribution in [0, 0.1) is 0 Å². The zero-order valence-electron chi connectivity index (χ0n) is 53.0. The Kier molecular flexibility index (Phi) is 13.5. The Morgan fingerprint density at radius 2 is 0.929 bits per heavy atom. The lowest BCUT2D eigenvalue weighted by Crippen LogP contribution is -2.25. The van der Waals surface area contributed by atoms with E-state index in [0.717, 1.165) is 45.4 Å². The fourth-order valence-corrected chi connectivity index (χ4v) is 13.4. The van der Waals surface area contributed by atoms with E-state index < -0.39 is 0 Å². The zero-order chi connectivity index (χ0) is 59.8. The van der Waals surface area contributed by atoms with Crippen molar-refractivity contribution in [3.63, 3.8) is 0 Å². The lowest BCUT2D eigenvalue weighted by molar-refractivity contribution is 0.479. The van der Waals surface area contributed by atoms with Crippen LogP contribution in [0.2, 0.25) is 0 Å². The Morgan fingerprint density at radius 3 is 1.50 bits per heavy atom. The maximum atomic E-state index is 7.26. The summed E-state index contributed by atoms with van der Waals surface area (Å²) in [5.41, 5.74) is 19.0. The summed E-state index contributed by atoms with van der Waals surface area (Å²) in [7, 11) is 0. The molecule has 0 fully saturated rings. The van der Waals surface area contributed by atoms with E-state index in [-0.39, 0.29) is 32.5 Å². The quantitative estimate of drug-likeness (QED) is 0.159. The van der Waals surface area contributed by atoms with Crippen LogP contribution in [0.3, 0.4) is 0 Å². The van der Waals surface area contributed by atoms with Gasteiger partial charge in [0, 0.05) is 66.1 Å². The standard InChI is InChI=1S/C78H84N4OS/c1-73(2,3)50-34-35-79-69(44-50)82-66-33-32-62-61-24-19-22-29-68(61)84-72(62)70(66)63-31-30-57(46-67(63)82)83-58-43-55(78(16,17)18)42-56(45-58)80-47-81(65-28-21-20-27-64(65)80)71-59(48-36-51(74(4,5)6)40-52(37-48)75(7,8)9)25-23-26-60(71)49-38-53(76(10,11)12)41-54(39-49)77(13,14)15/h19-46H,47H2,1-18H3. The van der Waals surface area contributed by atoms with Crippen molar-refractivity contribution >= 4 is 76.1 Å². The molecule has 0 bridgehead atoms. The van der Waals surface area contributed by atoms with Crippen LogP contribution < -0.4 is 14.5 Å². The van der Waals surface area contributed by atoms with E-state index in [2.05, 4.69) is 303 Å². The number of ether oxygens (including phenoxy) is 1. The second kappa shape index (κ2) is 20.0. The number of thiophene rings is 1. The molecule has 5 nitrogen and oxygen atoms in total. The molecule has 4 heterocycles. The molecule has 0 saturated carbocycles. The van der Waals surface area contributed by atoms with Gasteiger partial charge in [-0.05, 0) is 138 Å². The van der Waals surface area contributed by atoms with Crippen LogP contribution in [0.1, 0.15) is 158 Å². The van der Waals surface area contributed by atoms with Gasteiger partial charge in [0.25, 0.3) is 0 Å². The largest absolute Gasteiger partial charge is 0.457 e. The summed E-state index contributed by atoms with van der Waals surface area (Å²) in [5, 5.41) is 4.98. The third-order valence-electron chi connectivity index (χ3n) is 17.4. The Hall–Kier alpha value is -7.67. The number of rotatable bonds is 7. The SMILES string of the molecule is CC(C)(C)c1cc(Oc2ccc3c4c5sc6ccccc6c5ccc4n(-c4cc(C(C)(C)C)ccn4)c3c2)cc(N2CN(c3c(-c4cc(C(C)(C)C)cc(C(C)(C)C)c4)cccc3-c3cc(C(C)(C)C)cc(C(C)(C)C)c3)c3ccccc32)c1. The summed E-state index contributed by atoms with van der Waals surface area (Å²) in [6, 6.07) is 62.0. The highest BCUT2D eigenvalue weighted by molar-refractivity contribution is 7.26. The molecule has 0 amide bonds. The molecule has 12 rings (SSSR count). The van der Waals surface area contributed by atoms with Crippen molar-refractivity contribution in [2.45, 2.75) is 157 Å². The predicted molar refractivity (Wildman–Crippen MR) is 363 cm³/mol. The molecule has 0 radical (unpaired) electrons. The molecule has 0 N–H and O–H groups in total. The van der Waals surface area contributed by atoms with Crippen molar-refractivity contribution in [3.05, 3.63) is 203 Å². The first kappa shape index (κ1) is 56.8. The van der Waals surface area contributed by atoms with Gasteiger partial charge in [-0.25, -0.2) is 4.98 Å². The topological polar surface area (TPSA) is 33.5 Å². The Balaban J connectivity index is 1.03. The minimum Gasteiger partial charge on any atom is -0.457 e. The number of para-hydroxylation sites is 3. The molecule has 84 heavy (non-hydrogen) atoms. The Morgan fingerprint density at radius 1 is 0.405 bits per heavy atom. The fraction of sp³-hybridized carbons (Fsp3) is 0.321. The van der Waals surface area contributed by atoms with Gasteiger partial charge in [0.1, 0.15) is 24.0 Å². The van der Waals surface area contributed by atoms with Gasteiger partial charge in [-0.1, -0.05) is 216 Å². The molecule has 6 heteroatoms. The third-order valence-corrected chi connectivity index (χ3v) is 18.6. The van der Waals surface area contributed by atoms with Gasteiger partial charge in [0.15, 0.2) is 0 Å². The van der Waals surface area contributed by atoms with Crippen LogP contribution in [0.25, 0.3) is 70.0 Å². The van der Waals surface area contributed by atoms with Crippen LogP contribution in [0.15, 0.2) is 170 Å². The monoisotopic (exact) mass is 1120 g/mol. The molecule has 11 aromatic rings. The van der Waals surface area contributed by atoms with Gasteiger partial charge in [-0.3, -0.25) is 4.57 Å². The zero-order valence-corrected chi connectivity index (χ0v) is 53.8. The smallest absolute Gasteiger partial charge is 0.137 e. The lowest BCUT2D eigenvalue weighted by atomic mass is 9.77.